The van der Waals surface area contributed by atoms with E-state index in [9.17, 15) is 14.4 Å². The highest BCUT2D eigenvalue weighted by Gasteiger charge is 2.31. The Balaban J connectivity index is 0.000000159. The van der Waals surface area contributed by atoms with Crippen LogP contribution in [0.2, 0.25) is 0 Å². The fraction of sp³-hybridized carbons (Fsp3) is 0.438. The molecular weight excluding hydrogens is 713 g/mol. The lowest BCUT2D eigenvalue weighted by Gasteiger charge is -2.38. The zero-order valence-electron chi connectivity index (χ0n) is 34.7. The molecule has 0 aromatic heterocycles. The Labute approximate surface area is 339 Å². The van der Waals surface area contributed by atoms with E-state index in [1.54, 1.807) is 4.90 Å². The van der Waals surface area contributed by atoms with E-state index < -0.39 is 11.2 Å². The molecule has 8 rings (SSSR count). The van der Waals surface area contributed by atoms with Crippen LogP contribution in [0.1, 0.15) is 89.5 Å². The first-order chi connectivity index (χ1) is 27.2. The number of amides is 2. The van der Waals surface area contributed by atoms with Crippen LogP contribution in [-0.2, 0) is 40.4 Å². The van der Waals surface area contributed by atoms with Crippen molar-refractivity contribution in [2.75, 3.05) is 26.2 Å². The molecule has 57 heavy (non-hydrogen) atoms. The molecule has 9 heteroatoms. The Kier molecular flexibility index (Phi) is 13.5. The Morgan fingerprint density at radius 1 is 0.544 bits per heavy atom. The average molecular weight is 773 g/mol. The summed E-state index contributed by atoms with van der Waals surface area (Å²) < 4.78 is 10.7. The predicted molar refractivity (Wildman–Crippen MR) is 226 cm³/mol. The first-order valence-electron chi connectivity index (χ1n) is 20.5. The largest absolute Gasteiger partial charge is 0.444 e. The van der Waals surface area contributed by atoms with Gasteiger partial charge in [0, 0.05) is 71.2 Å². The summed E-state index contributed by atoms with van der Waals surface area (Å²) in [6, 6.07) is 35.2. The first kappa shape index (κ1) is 41.6. The second-order valence-electron chi connectivity index (χ2n) is 17.3. The third kappa shape index (κ3) is 11.5. The number of Topliss-reactive ketones (excluding diaryl/α,β-unsaturated/α-hetero) is 1. The van der Waals surface area contributed by atoms with Crippen LogP contribution in [0.4, 0.5) is 9.59 Å². The van der Waals surface area contributed by atoms with Crippen LogP contribution < -0.4 is 5.32 Å². The van der Waals surface area contributed by atoms with Crippen molar-refractivity contribution in [3.05, 3.63) is 119 Å². The van der Waals surface area contributed by atoms with Crippen LogP contribution in [-0.4, -0.2) is 76.1 Å². The summed E-state index contributed by atoms with van der Waals surface area (Å²) in [5.74, 6) is 0.227. The topological polar surface area (TPSA) is 91.4 Å². The molecule has 0 radical (unpaired) electrons. The van der Waals surface area contributed by atoms with Gasteiger partial charge in [-0.05, 0) is 98.9 Å². The summed E-state index contributed by atoms with van der Waals surface area (Å²) >= 11 is 0. The molecule has 0 saturated carbocycles. The Morgan fingerprint density at radius 3 is 1.30 bits per heavy atom. The van der Waals surface area contributed by atoms with E-state index in [2.05, 4.69) is 107 Å². The molecule has 0 spiro atoms. The number of nitrogens with zero attached hydrogens (tertiary/aromatic N) is 3. The van der Waals surface area contributed by atoms with Gasteiger partial charge in [0.15, 0.2) is 0 Å². The molecule has 4 aromatic rings. The fourth-order valence-corrected chi connectivity index (χ4v) is 7.81. The number of likely N-dealkylation sites (tertiary alicyclic amines) is 2. The van der Waals surface area contributed by atoms with Gasteiger partial charge in [0.25, 0.3) is 0 Å². The van der Waals surface area contributed by atoms with Crippen molar-refractivity contribution in [3.8, 4) is 22.3 Å². The summed E-state index contributed by atoms with van der Waals surface area (Å²) in [4.78, 5) is 40.9. The number of nitrogens with one attached hydrogen (secondary N) is 1. The molecule has 4 aliphatic heterocycles. The molecule has 0 aliphatic carbocycles. The van der Waals surface area contributed by atoms with Crippen molar-refractivity contribution < 1.29 is 23.9 Å². The summed E-state index contributed by atoms with van der Waals surface area (Å²) in [6.45, 7) is 17.6. The van der Waals surface area contributed by atoms with Crippen molar-refractivity contribution in [2.24, 2.45) is 0 Å². The lowest BCUT2D eigenvalue weighted by atomic mass is 9.97. The van der Waals surface area contributed by atoms with Crippen molar-refractivity contribution in [1.29, 1.82) is 0 Å². The number of hydrogen-bond acceptors (Lipinski definition) is 7. The van der Waals surface area contributed by atoms with E-state index in [1.807, 2.05) is 46.4 Å². The minimum absolute atomic E-state index is 0.183. The number of fused-ring (bicyclic) bond motifs is 6. The van der Waals surface area contributed by atoms with Gasteiger partial charge in [0.1, 0.15) is 17.0 Å². The monoisotopic (exact) mass is 772 g/mol. The van der Waals surface area contributed by atoms with Gasteiger partial charge in [-0.2, -0.15) is 0 Å². The number of carbonyl (C=O) groups excluding carboxylic acids is 3. The molecule has 2 amide bonds. The van der Waals surface area contributed by atoms with Gasteiger partial charge >= 0.3 is 12.2 Å². The summed E-state index contributed by atoms with van der Waals surface area (Å²) in [7, 11) is 0. The standard InChI is InChI=1S/C24H30N2O2.C14H13N.C10H17NO3/c1-24(2,3)28-23(27)25-14-12-20(13-15-25)26-16-18-8-4-6-10-21(18)22-11-7-5-9-19(22)17-26;1-3-7-13-11(5-1)9-15-10-12-6-2-4-8-14(12)13;1-10(2,3)14-9(13)11-6-4-8(12)5-7-11/h4-11,20H,12-17H2,1-3H3;1-8,15H,9-10H2;4-7H2,1-3H3. The van der Waals surface area contributed by atoms with Gasteiger partial charge in [0.2, 0.25) is 0 Å². The number of ether oxygens (including phenoxy) is 2. The van der Waals surface area contributed by atoms with Gasteiger partial charge in [-0.25, -0.2) is 9.59 Å². The normalized spacial score (nSPS) is 17.1. The quantitative estimate of drug-likeness (QED) is 0.206. The van der Waals surface area contributed by atoms with Crippen molar-refractivity contribution in [1.82, 2.24) is 20.0 Å². The number of rotatable bonds is 1. The lowest BCUT2D eigenvalue weighted by molar-refractivity contribution is -0.121. The van der Waals surface area contributed by atoms with Crippen LogP contribution in [0.3, 0.4) is 0 Å². The van der Waals surface area contributed by atoms with E-state index in [0.29, 0.717) is 32.0 Å². The molecule has 4 heterocycles. The Hall–Kier alpha value is -4.99. The number of carbonyl (C=O) groups is 3. The highest BCUT2D eigenvalue weighted by molar-refractivity contribution is 5.81. The van der Waals surface area contributed by atoms with E-state index in [4.69, 9.17) is 9.47 Å². The number of benzene rings is 4. The van der Waals surface area contributed by atoms with Gasteiger partial charge in [0.05, 0.1) is 0 Å². The van der Waals surface area contributed by atoms with Gasteiger partial charge in [-0.3, -0.25) is 9.69 Å². The molecule has 4 aromatic carbocycles. The molecule has 2 fully saturated rings. The molecule has 2 saturated heterocycles. The van der Waals surface area contributed by atoms with E-state index in [-0.39, 0.29) is 18.0 Å². The minimum Gasteiger partial charge on any atom is -0.444 e. The third-order valence-electron chi connectivity index (χ3n) is 10.6. The maximum atomic E-state index is 12.4. The van der Waals surface area contributed by atoms with Crippen molar-refractivity contribution in [3.63, 3.8) is 0 Å². The first-order valence-corrected chi connectivity index (χ1v) is 20.5. The lowest BCUT2D eigenvalue weighted by Crippen LogP contribution is -2.47. The average Bonchev–Trinajstić information content (AvgIpc) is 3.48. The molecule has 0 unspecified atom stereocenters. The predicted octanol–water partition coefficient (Wildman–Crippen LogP) is 9.61. The van der Waals surface area contributed by atoms with Gasteiger partial charge in [-0.1, -0.05) is 97.1 Å². The van der Waals surface area contributed by atoms with Crippen LogP contribution in [0.5, 0.6) is 0 Å². The molecule has 0 bridgehead atoms. The molecule has 1 N–H and O–H groups in total. The van der Waals surface area contributed by atoms with Crippen LogP contribution in [0.25, 0.3) is 22.3 Å². The van der Waals surface area contributed by atoms with Crippen LogP contribution in [0.15, 0.2) is 97.1 Å². The minimum atomic E-state index is -0.460. The highest BCUT2D eigenvalue weighted by atomic mass is 16.6. The number of hydrogen-bond donors (Lipinski definition) is 1. The summed E-state index contributed by atoms with van der Waals surface area (Å²) in [5.41, 5.74) is 10.1. The maximum absolute atomic E-state index is 12.4. The van der Waals surface area contributed by atoms with Crippen molar-refractivity contribution in [2.45, 2.75) is 111 Å². The van der Waals surface area contributed by atoms with E-state index in [1.165, 1.54) is 44.5 Å². The van der Waals surface area contributed by atoms with E-state index in [0.717, 1.165) is 52.1 Å². The smallest absolute Gasteiger partial charge is 0.410 e. The van der Waals surface area contributed by atoms with Crippen LogP contribution >= 0.6 is 0 Å². The molecule has 302 valence electrons. The summed E-state index contributed by atoms with van der Waals surface area (Å²) in [6.07, 6.45) is 2.40. The van der Waals surface area contributed by atoms with Gasteiger partial charge < -0.3 is 24.6 Å². The zero-order chi connectivity index (χ0) is 40.6. The zero-order valence-corrected chi connectivity index (χ0v) is 34.7. The third-order valence-corrected chi connectivity index (χ3v) is 10.6. The number of piperidine rings is 2. The molecular formula is C48H60N4O5. The summed E-state index contributed by atoms with van der Waals surface area (Å²) in [5, 5.41) is 3.46. The SMILES string of the molecule is CC(C)(C)OC(=O)N1CCC(=O)CC1.CC(C)(C)OC(=O)N1CCC(N2Cc3ccccc3-c3ccccc3C2)CC1.c1ccc2c(c1)CNCc1ccccc1-2. The van der Waals surface area contributed by atoms with Gasteiger partial charge in [-0.15, -0.1) is 0 Å². The highest BCUT2D eigenvalue weighted by Crippen LogP contribution is 2.35. The second-order valence-corrected chi connectivity index (χ2v) is 17.3. The Morgan fingerprint density at radius 2 is 0.895 bits per heavy atom. The molecule has 0 atom stereocenters. The van der Waals surface area contributed by atoms with E-state index >= 15 is 0 Å². The van der Waals surface area contributed by atoms with Crippen molar-refractivity contribution >= 4 is 18.0 Å². The maximum Gasteiger partial charge on any atom is 0.410 e. The Bertz CT molecular complexity index is 1900. The van der Waals surface area contributed by atoms with Crippen LogP contribution in [0, 0.1) is 0 Å². The molecule has 9 nitrogen and oxygen atoms in total. The fourth-order valence-electron chi connectivity index (χ4n) is 7.81. The molecule has 4 aliphatic rings. The second kappa shape index (κ2) is 18.5. The number of ketones is 1.